The number of carbonyl (C=O) groups excluding carboxylic acids is 3. The molecule has 0 aromatic heterocycles. The lowest BCUT2D eigenvalue weighted by Gasteiger charge is -2.19. The number of anilines is 1. The van der Waals surface area contributed by atoms with Crippen LogP contribution in [0.4, 0.5) is 5.69 Å². The van der Waals surface area contributed by atoms with E-state index >= 15 is 0 Å². The van der Waals surface area contributed by atoms with E-state index in [1.807, 2.05) is 19.1 Å². The zero-order chi connectivity index (χ0) is 15.7. The van der Waals surface area contributed by atoms with Crippen molar-refractivity contribution in [3.63, 3.8) is 0 Å². The smallest absolute Gasteiger partial charge is 0.335 e. The minimum Gasteiger partial charge on any atom is -0.463 e. The lowest BCUT2D eigenvalue weighted by molar-refractivity contribution is -0.138. The monoisotopic (exact) mass is 287 g/mol. The van der Waals surface area contributed by atoms with Gasteiger partial charge in [-0.25, -0.2) is 4.79 Å². The van der Waals surface area contributed by atoms with Crippen LogP contribution in [0.15, 0.2) is 24.3 Å². The second-order valence-corrected chi connectivity index (χ2v) is 4.97. The Bertz CT molecular complexity index is 660. The van der Waals surface area contributed by atoms with Gasteiger partial charge in [-0.05, 0) is 31.9 Å². The third kappa shape index (κ3) is 2.46. The minimum atomic E-state index is -0.632. The molecule has 0 fully saturated rings. The van der Waals surface area contributed by atoms with Gasteiger partial charge in [0.2, 0.25) is 0 Å². The number of nitrogens with zero attached hydrogens (tertiary/aromatic N) is 1. The first-order valence-corrected chi connectivity index (χ1v) is 6.69. The van der Waals surface area contributed by atoms with Gasteiger partial charge in [-0.2, -0.15) is 0 Å². The number of amides is 1. The second-order valence-electron chi connectivity index (χ2n) is 4.97. The van der Waals surface area contributed by atoms with E-state index in [4.69, 9.17) is 4.74 Å². The van der Waals surface area contributed by atoms with Crippen molar-refractivity contribution in [1.29, 1.82) is 0 Å². The lowest BCUT2D eigenvalue weighted by atomic mass is 10.0. The molecule has 110 valence electrons. The number of hydrogen-bond acceptors (Lipinski definition) is 4. The van der Waals surface area contributed by atoms with Crippen molar-refractivity contribution >= 4 is 23.3 Å². The number of esters is 1. The Morgan fingerprint density at radius 3 is 2.48 bits per heavy atom. The molecule has 0 spiro atoms. The summed E-state index contributed by atoms with van der Waals surface area (Å²) in [6, 6.07) is 3.66. The standard InChI is InChI=1S/C16H17NO4/c1-5-21-16(20)11(4)8-17-13-10(3)7-6-9(2)12(13)14(18)15(17)19/h6-7H,4-5,8H2,1-3H3. The van der Waals surface area contributed by atoms with Crippen molar-refractivity contribution in [2.24, 2.45) is 0 Å². The molecule has 1 amide bonds. The summed E-state index contributed by atoms with van der Waals surface area (Å²) < 4.78 is 4.86. The molecule has 1 aliphatic heterocycles. The van der Waals surface area contributed by atoms with Crippen LogP contribution < -0.4 is 4.90 Å². The molecule has 1 aromatic carbocycles. The average Bonchev–Trinajstić information content (AvgIpc) is 2.69. The summed E-state index contributed by atoms with van der Waals surface area (Å²) in [5, 5.41) is 0. The number of rotatable bonds is 4. The molecule has 1 aromatic rings. The van der Waals surface area contributed by atoms with Crippen LogP contribution in [-0.2, 0) is 14.3 Å². The molecule has 5 heteroatoms. The number of carbonyl (C=O) groups is 3. The van der Waals surface area contributed by atoms with E-state index in [1.165, 1.54) is 4.90 Å². The van der Waals surface area contributed by atoms with Gasteiger partial charge in [0.1, 0.15) is 0 Å². The van der Waals surface area contributed by atoms with Crippen molar-refractivity contribution in [3.8, 4) is 0 Å². The van der Waals surface area contributed by atoms with Gasteiger partial charge in [-0.1, -0.05) is 18.7 Å². The minimum absolute atomic E-state index is 0.0410. The number of ether oxygens (including phenoxy) is 1. The Labute approximate surface area is 123 Å². The van der Waals surface area contributed by atoms with Gasteiger partial charge < -0.3 is 4.74 Å². The average molecular weight is 287 g/mol. The zero-order valence-corrected chi connectivity index (χ0v) is 12.4. The van der Waals surface area contributed by atoms with Crippen LogP contribution in [-0.4, -0.2) is 30.8 Å². The van der Waals surface area contributed by atoms with Crippen LogP contribution in [0.3, 0.4) is 0 Å². The molecule has 0 saturated heterocycles. The number of ketones is 1. The van der Waals surface area contributed by atoms with E-state index in [2.05, 4.69) is 6.58 Å². The fourth-order valence-electron chi connectivity index (χ4n) is 2.40. The summed E-state index contributed by atoms with van der Waals surface area (Å²) in [5.74, 6) is -1.73. The van der Waals surface area contributed by atoms with Crippen molar-refractivity contribution in [2.45, 2.75) is 20.8 Å². The SMILES string of the molecule is C=C(CN1C(=O)C(=O)c2c(C)ccc(C)c21)C(=O)OCC. The van der Waals surface area contributed by atoms with Gasteiger partial charge >= 0.3 is 5.97 Å². The van der Waals surface area contributed by atoms with Crippen LogP contribution >= 0.6 is 0 Å². The number of benzene rings is 1. The summed E-state index contributed by atoms with van der Waals surface area (Å²) in [4.78, 5) is 37.2. The van der Waals surface area contributed by atoms with Gasteiger partial charge in [0, 0.05) is 5.57 Å². The molecule has 0 radical (unpaired) electrons. The molecule has 0 unspecified atom stereocenters. The molecule has 2 rings (SSSR count). The molecule has 0 saturated carbocycles. The predicted molar refractivity (Wildman–Crippen MR) is 78.4 cm³/mol. The summed E-state index contributed by atoms with van der Waals surface area (Å²) in [7, 11) is 0. The van der Waals surface area contributed by atoms with Gasteiger partial charge in [0.05, 0.1) is 24.4 Å². The Morgan fingerprint density at radius 1 is 1.24 bits per heavy atom. The normalized spacial score (nSPS) is 13.4. The van der Waals surface area contributed by atoms with Crippen LogP contribution in [0.5, 0.6) is 0 Å². The number of fused-ring (bicyclic) bond motifs is 1. The topological polar surface area (TPSA) is 63.7 Å². The van der Waals surface area contributed by atoms with Gasteiger partial charge in [0.25, 0.3) is 11.7 Å². The predicted octanol–water partition coefficient (Wildman–Crippen LogP) is 1.95. The van der Waals surface area contributed by atoms with E-state index in [1.54, 1.807) is 13.8 Å². The van der Waals surface area contributed by atoms with Crippen molar-refractivity contribution in [1.82, 2.24) is 0 Å². The molecule has 0 aliphatic carbocycles. The highest BCUT2D eigenvalue weighted by atomic mass is 16.5. The Hall–Kier alpha value is -2.43. The number of hydrogen-bond donors (Lipinski definition) is 0. The molecule has 0 atom stereocenters. The first kappa shape index (κ1) is 15.0. The summed E-state index contributed by atoms with van der Waals surface area (Å²) in [6.07, 6.45) is 0. The molecule has 21 heavy (non-hydrogen) atoms. The zero-order valence-electron chi connectivity index (χ0n) is 12.4. The molecule has 5 nitrogen and oxygen atoms in total. The Balaban J connectivity index is 2.38. The highest BCUT2D eigenvalue weighted by molar-refractivity contribution is 6.52. The van der Waals surface area contributed by atoms with Gasteiger partial charge in [-0.3, -0.25) is 14.5 Å². The van der Waals surface area contributed by atoms with Gasteiger partial charge in [0.15, 0.2) is 0 Å². The Kier molecular flexibility index (Phi) is 3.93. The first-order valence-electron chi connectivity index (χ1n) is 6.69. The molecular formula is C16H17NO4. The summed E-state index contributed by atoms with van der Waals surface area (Å²) in [6.45, 7) is 9.14. The highest BCUT2D eigenvalue weighted by Gasteiger charge is 2.38. The lowest BCUT2D eigenvalue weighted by Crippen LogP contribution is -2.33. The maximum atomic E-state index is 12.2. The van der Waals surface area contributed by atoms with Crippen LogP contribution in [0, 0.1) is 13.8 Å². The summed E-state index contributed by atoms with van der Waals surface area (Å²) in [5.41, 5.74) is 2.68. The fraction of sp³-hybridized carbons (Fsp3) is 0.312. The van der Waals surface area contributed by atoms with E-state index < -0.39 is 17.7 Å². The van der Waals surface area contributed by atoms with Crippen LogP contribution in [0.1, 0.15) is 28.4 Å². The molecule has 1 heterocycles. The van der Waals surface area contributed by atoms with Gasteiger partial charge in [-0.15, -0.1) is 0 Å². The third-order valence-electron chi connectivity index (χ3n) is 3.44. The number of aryl methyl sites for hydroxylation is 2. The van der Waals surface area contributed by atoms with Crippen molar-refractivity contribution in [2.75, 3.05) is 18.1 Å². The molecule has 0 bridgehead atoms. The Morgan fingerprint density at radius 2 is 1.86 bits per heavy atom. The quantitative estimate of drug-likeness (QED) is 0.482. The number of Topliss-reactive ketones (excluding diaryl/α,β-unsaturated/α-hetero) is 1. The third-order valence-corrected chi connectivity index (χ3v) is 3.44. The maximum absolute atomic E-state index is 12.2. The van der Waals surface area contributed by atoms with Crippen molar-refractivity contribution in [3.05, 3.63) is 41.0 Å². The fourth-order valence-corrected chi connectivity index (χ4v) is 2.40. The molecule has 0 N–H and O–H groups in total. The maximum Gasteiger partial charge on any atom is 0.335 e. The van der Waals surface area contributed by atoms with Crippen LogP contribution in [0.25, 0.3) is 0 Å². The molecular weight excluding hydrogens is 270 g/mol. The van der Waals surface area contributed by atoms with E-state index in [9.17, 15) is 14.4 Å². The van der Waals surface area contributed by atoms with E-state index in [0.29, 0.717) is 11.3 Å². The highest BCUT2D eigenvalue weighted by Crippen LogP contribution is 2.34. The van der Waals surface area contributed by atoms with E-state index in [0.717, 1.165) is 11.1 Å². The first-order chi connectivity index (χ1) is 9.88. The summed E-state index contributed by atoms with van der Waals surface area (Å²) >= 11 is 0. The second kappa shape index (κ2) is 5.52. The van der Waals surface area contributed by atoms with Crippen molar-refractivity contribution < 1.29 is 19.1 Å². The van der Waals surface area contributed by atoms with Crippen LogP contribution in [0.2, 0.25) is 0 Å². The van der Waals surface area contributed by atoms with E-state index in [-0.39, 0.29) is 18.7 Å². The molecule has 1 aliphatic rings. The largest absolute Gasteiger partial charge is 0.463 e.